The Hall–Kier alpha value is -8.46. The first-order chi connectivity index (χ1) is 31.8. The largest absolute Gasteiger partial charge is 0.310 e. The molecule has 12 aromatic carbocycles. The minimum absolute atomic E-state index is 1.11. The van der Waals surface area contributed by atoms with Crippen molar-refractivity contribution in [3.63, 3.8) is 0 Å². The Morgan fingerprint density at radius 3 is 0.969 bits per heavy atom. The molecule has 0 heterocycles. The van der Waals surface area contributed by atoms with Gasteiger partial charge in [-0.1, -0.05) is 194 Å². The Labute approximate surface area is 373 Å². The van der Waals surface area contributed by atoms with E-state index in [1.807, 2.05) is 0 Å². The van der Waals surface area contributed by atoms with Gasteiger partial charge < -0.3 is 9.80 Å². The van der Waals surface area contributed by atoms with Crippen LogP contribution < -0.4 is 9.80 Å². The van der Waals surface area contributed by atoms with E-state index in [4.69, 9.17) is 0 Å². The molecule has 0 saturated heterocycles. The van der Waals surface area contributed by atoms with Crippen molar-refractivity contribution in [1.82, 2.24) is 0 Å². The van der Waals surface area contributed by atoms with E-state index in [1.54, 1.807) is 0 Å². The summed E-state index contributed by atoms with van der Waals surface area (Å²) in [7, 11) is 0. The molecule has 0 aliphatic heterocycles. The molecular weight excluding hydrogens is 773 g/mol. The molecule has 0 saturated carbocycles. The van der Waals surface area contributed by atoms with Crippen LogP contribution in [-0.4, -0.2) is 0 Å². The quantitative estimate of drug-likeness (QED) is 0.141. The molecule has 0 unspecified atom stereocenters. The van der Waals surface area contributed by atoms with Crippen molar-refractivity contribution in [3.05, 3.63) is 255 Å². The van der Waals surface area contributed by atoms with E-state index in [2.05, 4.69) is 265 Å². The average molecular weight is 815 g/mol. The third kappa shape index (κ3) is 6.44. The van der Waals surface area contributed by atoms with Crippen LogP contribution >= 0.6 is 0 Å². The van der Waals surface area contributed by atoms with E-state index in [0.29, 0.717) is 0 Å². The van der Waals surface area contributed by atoms with Crippen molar-refractivity contribution >= 4 is 88.0 Å². The molecule has 2 heteroatoms. The summed E-state index contributed by atoms with van der Waals surface area (Å²) in [5, 5.41) is 12.4. The molecule has 0 bridgehead atoms. The molecule has 12 aromatic rings. The van der Waals surface area contributed by atoms with Crippen LogP contribution in [0.1, 0.15) is 0 Å². The van der Waals surface area contributed by atoms with Gasteiger partial charge in [-0.3, -0.25) is 0 Å². The summed E-state index contributed by atoms with van der Waals surface area (Å²) < 4.78 is 0. The smallest absolute Gasteiger partial charge is 0.0546 e. The molecule has 0 fully saturated rings. The summed E-state index contributed by atoms with van der Waals surface area (Å²) >= 11 is 0. The van der Waals surface area contributed by atoms with Gasteiger partial charge in [-0.25, -0.2) is 0 Å². The SMILES string of the molecule is c1ccc(N(c2ccc(-c3cccc4cccc(-c5ccc(N(c6ccccc6)c6cc7ccccc7c7ccccc67)cc5)c34)cc2)c2cc3ccccc3c3ccccc23)cc1. The monoisotopic (exact) mass is 814 g/mol. The van der Waals surface area contributed by atoms with E-state index in [9.17, 15) is 0 Å². The van der Waals surface area contributed by atoms with Crippen LogP contribution in [0.4, 0.5) is 34.1 Å². The van der Waals surface area contributed by atoms with Crippen molar-refractivity contribution in [2.45, 2.75) is 0 Å². The van der Waals surface area contributed by atoms with E-state index in [1.165, 1.54) is 76.1 Å². The average Bonchev–Trinajstić information content (AvgIpc) is 3.37. The number of rotatable bonds is 8. The highest BCUT2D eigenvalue weighted by atomic mass is 15.1. The van der Waals surface area contributed by atoms with Crippen molar-refractivity contribution in [3.8, 4) is 22.3 Å². The van der Waals surface area contributed by atoms with Crippen LogP contribution in [-0.2, 0) is 0 Å². The van der Waals surface area contributed by atoms with Gasteiger partial charge in [-0.05, 0) is 126 Å². The highest BCUT2D eigenvalue weighted by Crippen LogP contribution is 2.45. The Bertz CT molecular complexity index is 3410. The Kier molecular flexibility index (Phi) is 9.20. The number of para-hydroxylation sites is 2. The zero-order chi connectivity index (χ0) is 42.4. The van der Waals surface area contributed by atoms with Gasteiger partial charge in [0.25, 0.3) is 0 Å². The van der Waals surface area contributed by atoms with E-state index >= 15 is 0 Å². The number of hydrogen-bond donors (Lipinski definition) is 0. The van der Waals surface area contributed by atoms with Crippen molar-refractivity contribution in [1.29, 1.82) is 0 Å². The molecule has 2 nitrogen and oxygen atoms in total. The molecule has 0 aliphatic carbocycles. The van der Waals surface area contributed by atoms with Crippen LogP contribution in [0.5, 0.6) is 0 Å². The third-order valence-electron chi connectivity index (χ3n) is 12.8. The molecule has 0 aliphatic rings. The molecule has 0 N–H and O–H groups in total. The summed E-state index contributed by atoms with van der Waals surface area (Å²) in [6.07, 6.45) is 0. The molecule has 300 valence electrons. The highest BCUT2D eigenvalue weighted by molar-refractivity contribution is 6.16. The van der Waals surface area contributed by atoms with E-state index in [-0.39, 0.29) is 0 Å². The van der Waals surface area contributed by atoms with Gasteiger partial charge in [0.2, 0.25) is 0 Å². The van der Waals surface area contributed by atoms with Crippen LogP contribution in [0.2, 0.25) is 0 Å². The second kappa shape index (κ2) is 15.8. The van der Waals surface area contributed by atoms with Gasteiger partial charge in [-0.15, -0.1) is 0 Å². The molecule has 0 spiro atoms. The minimum Gasteiger partial charge on any atom is -0.310 e. The van der Waals surface area contributed by atoms with Crippen LogP contribution in [0, 0.1) is 0 Å². The van der Waals surface area contributed by atoms with E-state index < -0.39 is 0 Å². The first-order valence-electron chi connectivity index (χ1n) is 22.0. The number of hydrogen-bond acceptors (Lipinski definition) is 2. The number of benzene rings is 12. The second-order valence-corrected chi connectivity index (χ2v) is 16.5. The third-order valence-corrected chi connectivity index (χ3v) is 12.8. The highest BCUT2D eigenvalue weighted by Gasteiger charge is 2.20. The number of nitrogens with zero attached hydrogens (tertiary/aromatic N) is 2. The lowest BCUT2D eigenvalue weighted by Gasteiger charge is -2.28. The van der Waals surface area contributed by atoms with Crippen LogP contribution in [0.3, 0.4) is 0 Å². The van der Waals surface area contributed by atoms with Crippen LogP contribution in [0.15, 0.2) is 255 Å². The maximum atomic E-state index is 2.40. The van der Waals surface area contributed by atoms with E-state index in [0.717, 1.165) is 34.1 Å². The fourth-order valence-electron chi connectivity index (χ4n) is 9.85. The topological polar surface area (TPSA) is 6.48 Å². The first-order valence-corrected chi connectivity index (χ1v) is 22.0. The fourth-order valence-corrected chi connectivity index (χ4v) is 9.85. The Morgan fingerprint density at radius 1 is 0.219 bits per heavy atom. The summed E-state index contributed by atoms with van der Waals surface area (Å²) in [5.74, 6) is 0. The molecular formula is C62H42N2. The first kappa shape index (κ1) is 37.3. The lowest BCUT2D eigenvalue weighted by molar-refractivity contribution is 1.30. The van der Waals surface area contributed by atoms with Crippen LogP contribution in [0.25, 0.3) is 76.1 Å². The van der Waals surface area contributed by atoms with Gasteiger partial charge in [-0.2, -0.15) is 0 Å². The summed E-state index contributed by atoms with van der Waals surface area (Å²) in [6, 6.07) is 92.7. The summed E-state index contributed by atoms with van der Waals surface area (Å²) in [4.78, 5) is 4.79. The maximum absolute atomic E-state index is 2.40. The summed E-state index contributed by atoms with van der Waals surface area (Å²) in [6.45, 7) is 0. The molecule has 0 aromatic heterocycles. The van der Waals surface area contributed by atoms with Crippen molar-refractivity contribution in [2.75, 3.05) is 9.80 Å². The number of anilines is 6. The van der Waals surface area contributed by atoms with Crippen molar-refractivity contribution < 1.29 is 0 Å². The zero-order valence-corrected chi connectivity index (χ0v) is 35.1. The van der Waals surface area contributed by atoms with Gasteiger partial charge in [0.15, 0.2) is 0 Å². The van der Waals surface area contributed by atoms with Gasteiger partial charge >= 0.3 is 0 Å². The zero-order valence-electron chi connectivity index (χ0n) is 35.1. The fraction of sp³-hybridized carbons (Fsp3) is 0. The Balaban J connectivity index is 0.957. The molecule has 0 atom stereocenters. The minimum atomic E-state index is 1.11. The lowest BCUT2D eigenvalue weighted by Crippen LogP contribution is -2.10. The molecule has 0 radical (unpaired) electrons. The summed E-state index contributed by atoms with van der Waals surface area (Å²) in [5.41, 5.74) is 11.5. The van der Waals surface area contributed by atoms with Gasteiger partial charge in [0.1, 0.15) is 0 Å². The standard InChI is InChI=1S/C62H42N2/c1-3-21-48(22-4-1)63(60-41-46-17-7-9-25-52(46)56-27-11-13-29-58(56)60)50-37-33-43(34-38-50)54-31-15-19-45-20-16-32-55(62(45)54)44-35-39-51(40-36-44)64(49-23-5-2-6-24-49)61-42-47-18-8-10-26-53(47)57-28-12-14-30-59(57)61/h1-42H. The Morgan fingerprint density at radius 2 is 0.547 bits per heavy atom. The predicted molar refractivity (Wildman–Crippen MR) is 274 cm³/mol. The molecule has 12 rings (SSSR count). The lowest BCUT2D eigenvalue weighted by atomic mass is 9.91. The molecule has 0 amide bonds. The van der Waals surface area contributed by atoms with Gasteiger partial charge in [0.05, 0.1) is 11.4 Å². The molecule has 64 heavy (non-hydrogen) atoms. The second-order valence-electron chi connectivity index (χ2n) is 16.5. The van der Waals surface area contributed by atoms with Crippen molar-refractivity contribution in [2.24, 2.45) is 0 Å². The number of fused-ring (bicyclic) bond motifs is 7. The normalized spacial score (nSPS) is 11.4. The predicted octanol–water partition coefficient (Wildman–Crippen LogP) is 17.7. The van der Waals surface area contributed by atoms with Gasteiger partial charge in [0, 0.05) is 33.5 Å². The maximum Gasteiger partial charge on any atom is 0.0546 e.